The van der Waals surface area contributed by atoms with Gasteiger partial charge in [0.2, 0.25) is 0 Å². The van der Waals surface area contributed by atoms with Crippen molar-refractivity contribution in [2.24, 2.45) is 0 Å². The zero-order valence-corrected chi connectivity index (χ0v) is 14.7. The van der Waals surface area contributed by atoms with Crippen LogP contribution in [0.5, 0.6) is 11.5 Å². The van der Waals surface area contributed by atoms with Crippen LogP contribution in [-0.4, -0.2) is 32.1 Å². The van der Waals surface area contributed by atoms with Crippen LogP contribution in [0, 0.1) is 0 Å². The van der Waals surface area contributed by atoms with Crippen molar-refractivity contribution in [2.75, 3.05) is 19.8 Å². The summed E-state index contributed by atoms with van der Waals surface area (Å²) in [7, 11) is 0. The van der Waals surface area contributed by atoms with E-state index in [0.717, 1.165) is 24.3 Å². The summed E-state index contributed by atoms with van der Waals surface area (Å²) in [6, 6.07) is 7.72. The largest absolute Gasteiger partial charge is 0.490 e. The van der Waals surface area contributed by atoms with Crippen molar-refractivity contribution in [1.29, 1.82) is 0 Å². The molecule has 24 heavy (non-hydrogen) atoms. The van der Waals surface area contributed by atoms with E-state index in [4.69, 9.17) is 14.2 Å². The van der Waals surface area contributed by atoms with Gasteiger partial charge >= 0.3 is 0 Å². The fourth-order valence-corrected chi connectivity index (χ4v) is 2.49. The predicted octanol–water partition coefficient (Wildman–Crippen LogP) is 3.20. The standard InChI is InChI=1S/C19H28N2O3/c1-4-7-10-15(5-2)18(19-21-20-13-14-23-19)24-17-12-9-8-11-16(17)22-6-3/h5,7-12,18-21H,4,6,13-14H2,1-3H3/b10-7-,15-5+. The van der Waals surface area contributed by atoms with Crippen LogP contribution in [0.3, 0.4) is 0 Å². The first kappa shape index (κ1) is 18.5. The van der Waals surface area contributed by atoms with E-state index in [9.17, 15) is 0 Å². The van der Waals surface area contributed by atoms with Crippen molar-refractivity contribution in [3.8, 4) is 11.5 Å². The third-order valence-corrected chi connectivity index (χ3v) is 3.65. The minimum absolute atomic E-state index is 0.277. The topological polar surface area (TPSA) is 51.8 Å². The normalized spacial score (nSPS) is 20.1. The van der Waals surface area contributed by atoms with Gasteiger partial charge in [0.05, 0.1) is 13.2 Å². The van der Waals surface area contributed by atoms with E-state index >= 15 is 0 Å². The average Bonchev–Trinajstić information content (AvgIpc) is 2.63. The van der Waals surface area contributed by atoms with Crippen LogP contribution in [0.2, 0.25) is 0 Å². The summed E-state index contributed by atoms with van der Waals surface area (Å²) < 4.78 is 17.9. The summed E-state index contributed by atoms with van der Waals surface area (Å²) >= 11 is 0. The fraction of sp³-hybridized carbons (Fsp3) is 0.474. The first-order chi connectivity index (χ1) is 11.8. The summed E-state index contributed by atoms with van der Waals surface area (Å²) in [5.41, 5.74) is 7.37. The van der Waals surface area contributed by atoms with Gasteiger partial charge in [0, 0.05) is 6.54 Å². The lowest BCUT2D eigenvalue weighted by molar-refractivity contribution is -0.0633. The van der Waals surface area contributed by atoms with Crippen molar-refractivity contribution in [3.05, 3.63) is 48.1 Å². The van der Waals surface area contributed by atoms with Crippen LogP contribution in [0.15, 0.2) is 48.1 Å². The lowest BCUT2D eigenvalue weighted by atomic mass is 10.1. The van der Waals surface area contributed by atoms with Gasteiger partial charge in [0.1, 0.15) is 0 Å². The van der Waals surface area contributed by atoms with Gasteiger partial charge in [-0.15, -0.1) is 0 Å². The molecular weight excluding hydrogens is 304 g/mol. The van der Waals surface area contributed by atoms with Gasteiger partial charge in [-0.1, -0.05) is 37.3 Å². The zero-order valence-electron chi connectivity index (χ0n) is 14.7. The number of rotatable bonds is 8. The molecule has 1 heterocycles. The number of nitrogens with one attached hydrogen (secondary N) is 2. The Hall–Kier alpha value is -1.82. The van der Waals surface area contributed by atoms with E-state index in [1.165, 1.54) is 0 Å². The van der Waals surface area contributed by atoms with Crippen LogP contribution >= 0.6 is 0 Å². The molecule has 5 heteroatoms. The second-order valence-electron chi connectivity index (χ2n) is 5.38. The molecule has 132 valence electrons. The second-order valence-corrected chi connectivity index (χ2v) is 5.38. The van der Waals surface area contributed by atoms with E-state index in [2.05, 4.69) is 36.0 Å². The minimum atomic E-state index is -0.285. The SMILES string of the molecule is C/C=C(\C=C/CC)C(Oc1ccccc1OCC)C1NNCCO1. The Morgan fingerprint density at radius 3 is 2.75 bits per heavy atom. The Kier molecular flexibility index (Phi) is 7.82. The highest BCUT2D eigenvalue weighted by molar-refractivity contribution is 5.40. The molecule has 1 aromatic rings. The maximum absolute atomic E-state index is 6.32. The molecular formula is C19H28N2O3. The quantitative estimate of drug-likeness (QED) is 0.716. The number of allylic oxidation sites excluding steroid dienone is 2. The van der Waals surface area contributed by atoms with Crippen LogP contribution in [0.25, 0.3) is 0 Å². The molecule has 0 radical (unpaired) electrons. The van der Waals surface area contributed by atoms with Gasteiger partial charge in [0.15, 0.2) is 23.8 Å². The van der Waals surface area contributed by atoms with Crippen LogP contribution in [0.1, 0.15) is 27.2 Å². The van der Waals surface area contributed by atoms with E-state index < -0.39 is 0 Å². The second kappa shape index (κ2) is 10.1. The van der Waals surface area contributed by atoms with Crippen LogP contribution in [-0.2, 0) is 4.74 Å². The van der Waals surface area contributed by atoms with Crippen molar-refractivity contribution in [3.63, 3.8) is 0 Å². The number of ether oxygens (including phenoxy) is 3. The molecule has 0 bridgehead atoms. The lowest BCUT2D eigenvalue weighted by Gasteiger charge is -2.33. The molecule has 2 N–H and O–H groups in total. The summed E-state index contributed by atoms with van der Waals surface area (Å²) in [4.78, 5) is 0. The van der Waals surface area contributed by atoms with E-state index in [0.29, 0.717) is 19.0 Å². The Labute approximate surface area is 144 Å². The van der Waals surface area contributed by atoms with Gasteiger partial charge < -0.3 is 14.2 Å². The molecule has 0 amide bonds. The molecule has 1 aromatic carbocycles. The molecule has 0 aliphatic carbocycles. The third-order valence-electron chi connectivity index (χ3n) is 3.65. The minimum Gasteiger partial charge on any atom is -0.490 e. The van der Waals surface area contributed by atoms with Crippen LogP contribution < -0.4 is 20.3 Å². The molecule has 2 rings (SSSR count). The molecule has 1 fully saturated rings. The molecule has 0 aromatic heterocycles. The Morgan fingerprint density at radius 2 is 2.12 bits per heavy atom. The molecule has 1 saturated heterocycles. The first-order valence-electron chi connectivity index (χ1n) is 8.61. The maximum Gasteiger partial charge on any atom is 0.164 e. The molecule has 0 spiro atoms. The maximum atomic E-state index is 6.32. The highest BCUT2D eigenvalue weighted by atomic mass is 16.6. The Bertz CT molecular complexity index is 551. The Morgan fingerprint density at radius 1 is 1.33 bits per heavy atom. The molecule has 0 saturated carbocycles. The third kappa shape index (κ3) is 5.09. The number of hydrazine groups is 1. The number of benzene rings is 1. The Balaban J connectivity index is 2.26. The van der Waals surface area contributed by atoms with Gasteiger partial charge in [-0.3, -0.25) is 5.43 Å². The van der Waals surface area contributed by atoms with Gasteiger partial charge in [-0.25, -0.2) is 5.43 Å². The smallest absolute Gasteiger partial charge is 0.164 e. The monoisotopic (exact) mass is 332 g/mol. The van der Waals surface area contributed by atoms with Crippen LogP contribution in [0.4, 0.5) is 0 Å². The van der Waals surface area contributed by atoms with E-state index in [1.54, 1.807) is 0 Å². The van der Waals surface area contributed by atoms with Crippen molar-refractivity contribution in [2.45, 2.75) is 39.5 Å². The number of hydrogen-bond donors (Lipinski definition) is 2. The molecule has 2 unspecified atom stereocenters. The van der Waals surface area contributed by atoms with E-state index in [1.807, 2.05) is 38.1 Å². The summed E-state index contributed by atoms with van der Waals surface area (Å²) in [6.07, 6.45) is 6.67. The number of hydrogen-bond acceptors (Lipinski definition) is 5. The highest BCUT2D eigenvalue weighted by Gasteiger charge is 2.29. The predicted molar refractivity (Wildman–Crippen MR) is 96.1 cm³/mol. The molecule has 2 atom stereocenters. The molecule has 1 aliphatic rings. The lowest BCUT2D eigenvalue weighted by Crippen LogP contribution is -2.56. The summed E-state index contributed by atoms with van der Waals surface area (Å²) in [5.74, 6) is 1.45. The first-order valence-corrected chi connectivity index (χ1v) is 8.61. The van der Waals surface area contributed by atoms with Crippen molar-refractivity contribution in [1.82, 2.24) is 10.9 Å². The summed E-state index contributed by atoms with van der Waals surface area (Å²) in [6.45, 7) is 8.09. The van der Waals surface area contributed by atoms with Crippen molar-refractivity contribution >= 4 is 0 Å². The van der Waals surface area contributed by atoms with Crippen molar-refractivity contribution < 1.29 is 14.2 Å². The van der Waals surface area contributed by atoms with Gasteiger partial charge in [-0.2, -0.15) is 0 Å². The summed E-state index contributed by atoms with van der Waals surface area (Å²) in [5, 5.41) is 0. The highest BCUT2D eigenvalue weighted by Crippen LogP contribution is 2.30. The zero-order chi connectivity index (χ0) is 17.2. The molecule has 1 aliphatic heterocycles. The fourth-order valence-electron chi connectivity index (χ4n) is 2.49. The molecule has 5 nitrogen and oxygen atoms in total. The van der Waals surface area contributed by atoms with E-state index in [-0.39, 0.29) is 12.3 Å². The van der Waals surface area contributed by atoms with Gasteiger partial charge in [0.25, 0.3) is 0 Å². The van der Waals surface area contributed by atoms with Gasteiger partial charge in [-0.05, 0) is 38.0 Å². The number of para-hydroxylation sites is 2. The average molecular weight is 332 g/mol.